The van der Waals surface area contributed by atoms with Crippen molar-refractivity contribution in [3.63, 3.8) is 0 Å². The number of hydrogen-bond acceptors (Lipinski definition) is 2. The highest BCUT2D eigenvalue weighted by molar-refractivity contribution is 6.66. The first-order valence-corrected chi connectivity index (χ1v) is 4.57. The third-order valence-electron chi connectivity index (χ3n) is 2.08. The van der Waals surface area contributed by atoms with E-state index in [-0.39, 0.29) is 12.7 Å². The molecule has 1 aliphatic rings. The van der Waals surface area contributed by atoms with Crippen LogP contribution in [0.3, 0.4) is 0 Å². The smallest absolute Gasteiger partial charge is 0.445 e. The summed E-state index contributed by atoms with van der Waals surface area (Å²) in [5.41, 5.74) is -0.789. The van der Waals surface area contributed by atoms with Crippen LogP contribution in [0.4, 0.5) is 12.9 Å². The summed E-state index contributed by atoms with van der Waals surface area (Å²) in [7, 11) is 0. The fraction of sp³-hybridized carbons (Fsp3) is 0.750. The Labute approximate surface area is 81.1 Å². The summed E-state index contributed by atoms with van der Waals surface area (Å²) in [6.45, 7) is -1.56. The molecule has 6 heteroatoms. The third-order valence-corrected chi connectivity index (χ3v) is 2.08. The summed E-state index contributed by atoms with van der Waals surface area (Å²) in [4.78, 5) is 0. The van der Waals surface area contributed by atoms with Crippen molar-refractivity contribution in [2.45, 2.75) is 18.9 Å². The van der Waals surface area contributed by atoms with Crippen LogP contribution in [0.25, 0.3) is 0 Å². The molecule has 1 fully saturated rings. The monoisotopic (exact) mass is 209 g/mol. The Hall–Kier alpha value is -0.485. The molecule has 1 heterocycles. The van der Waals surface area contributed by atoms with Gasteiger partial charge in [-0.25, -0.2) is 0 Å². The van der Waals surface area contributed by atoms with E-state index in [0.717, 1.165) is 12.8 Å². The maximum Gasteiger partial charge on any atom is 0.507 e. The van der Waals surface area contributed by atoms with E-state index >= 15 is 0 Å². The van der Waals surface area contributed by atoms with Crippen LogP contribution in [0.5, 0.6) is 0 Å². The fourth-order valence-electron chi connectivity index (χ4n) is 1.19. The van der Waals surface area contributed by atoms with Crippen molar-refractivity contribution in [2.24, 2.45) is 0 Å². The third kappa shape index (κ3) is 3.71. The highest BCUT2D eigenvalue weighted by atomic mass is 19.4. The van der Waals surface area contributed by atoms with Gasteiger partial charge in [0.15, 0.2) is 0 Å². The van der Waals surface area contributed by atoms with Crippen LogP contribution in [0.15, 0.2) is 12.1 Å². The lowest BCUT2D eigenvalue weighted by atomic mass is 9.81. The lowest BCUT2D eigenvalue weighted by Crippen LogP contribution is -2.24. The van der Waals surface area contributed by atoms with Gasteiger partial charge in [0.1, 0.15) is 0 Å². The fourth-order valence-corrected chi connectivity index (χ4v) is 1.19. The van der Waals surface area contributed by atoms with E-state index in [2.05, 4.69) is 6.58 Å². The minimum atomic E-state index is -4.96. The first kappa shape index (κ1) is 11.6. The van der Waals surface area contributed by atoms with Crippen LogP contribution in [-0.2, 0) is 9.47 Å². The Morgan fingerprint density at radius 2 is 2.21 bits per heavy atom. The Bertz CT molecular complexity index is 199. The van der Waals surface area contributed by atoms with Gasteiger partial charge in [-0.1, -0.05) is 0 Å². The Morgan fingerprint density at radius 1 is 1.50 bits per heavy atom. The van der Waals surface area contributed by atoms with E-state index in [0.29, 0.717) is 6.61 Å². The topological polar surface area (TPSA) is 18.5 Å². The van der Waals surface area contributed by atoms with E-state index in [1.165, 1.54) is 0 Å². The van der Waals surface area contributed by atoms with Gasteiger partial charge >= 0.3 is 6.98 Å². The minimum absolute atomic E-state index is 0.0384. The number of rotatable bonds is 5. The van der Waals surface area contributed by atoms with Crippen molar-refractivity contribution in [1.29, 1.82) is 0 Å². The molecule has 1 unspecified atom stereocenters. The molecule has 0 saturated carbocycles. The largest absolute Gasteiger partial charge is 0.507 e. The van der Waals surface area contributed by atoms with E-state index in [1.807, 2.05) is 0 Å². The average Bonchev–Trinajstić information content (AvgIpc) is 2.55. The molecule has 1 aliphatic heterocycles. The Kier molecular flexibility index (Phi) is 4.01. The second-order valence-electron chi connectivity index (χ2n) is 3.38. The molecule has 2 nitrogen and oxygen atoms in total. The number of hydrogen-bond donors (Lipinski definition) is 0. The molecule has 0 radical (unpaired) electrons. The summed E-state index contributed by atoms with van der Waals surface area (Å²) in [6.07, 6.45) is 1.78. The summed E-state index contributed by atoms with van der Waals surface area (Å²) in [5.74, 6) is 0. The van der Waals surface area contributed by atoms with Crippen LogP contribution in [0, 0.1) is 0 Å². The summed E-state index contributed by atoms with van der Waals surface area (Å²) in [6, 6.07) is 0. The van der Waals surface area contributed by atoms with E-state index in [1.54, 1.807) is 0 Å². The molecule has 0 aliphatic carbocycles. The van der Waals surface area contributed by atoms with Gasteiger partial charge in [-0.3, -0.25) is 0 Å². The number of halogens is 3. The molecule has 14 heavy (non-hydrogen) atoms. The van der Waals surface area contributed by atoms with Gasteiger partial charge in [0.2, 0.25) is 0 Å². The second-order valence-corrected chi connectivity index (χ2v) is 3.38. The van der Waals surface area contributed by atoms with Crippen LogP contribution < -0.4 is 0 Å². The van der Waals surface area contributed by atoms with Gasteiger partial charge in [0, 0.05) is 13.2 Å². The first-order chi connectivity index (χ1) is 6.50. The van der Waals surface area contributed by atoms with Gasteiger partial charge < -0.3 is 22.4 Å². The predicted octanol–water partition coefficient (Wildman–Crippen LogP) is 2.12. The maximum absolute atomic E-state index is 12.0. The zero-order chi connectivity index (χ0) is 10.6. The Balaban J connectivity index is 2.11. The van der Waals surface area contributed by atoms with Crippen molar-refractivity contribution < 1.29 is 22.4 Å². The summed E-state index contributed by atoms with van der Waals surface area (Å²) in [5, 5.41) is 0. The van der Waals surface area contributed by atoms with Crippen molar-refractivity contribution in [1.82, 2.24) is 0 Å². The highest BCUT2D eigenvalue weighted by Crippen LogP contribution is 2.19. The zero-order valence-electron chi connectivity index (χ0n) is 7.85. The van der Waals surface area contributed by atoms with Crippen molar-refractivity contribution in [3.05, 3.63) is 12.1 Å². The van der Waals surface area contributed by atoms with Crippen LogP contribution in [-0.4, -0.2) is 32.9 Å². The lowest BCUT2D eigenvalue weighted by Gasteiger charge is -2.18. The molecule has 0 amide bonds. The molecule has 82 valence electrons. The molecule has 0 aromatic rings. The standard InChI is InChI=1S/C8H13BF3O2/c1-7(9(10,11)12)5-13-6-8-3-2-4-14-8/h8H,1-6H2/q-1. The summed E-state index contributed by atoms with van der Waals surface area (Å²) < 4.78 is 46.1. The average molecular weight is 209 g/mol. The van der Waals surface area contributed by atoms with Crippen LogP contribution >= 0.6 is 0 Å². The zero-order valence-corrected chi connectivity index (χ0v) is 7.85. The molecule has 0 aromatic heterocycles. The SMILES string of the molecule is C=C(COCC1CCCO1)[B-](F)(F)F. The van der Waals surface area contributed by atoms with Gasteiger partial charge in [0.25, 0.3) is 0 Å². The molecule has 0 spiro atoms. The van der Waals surface area contributed by atoms with E-state index in [4.69, 9.17) is 9.47 Å². The van der Waals surface area contributed by atoms with Crippen molar-refractivity contribution in [2.75, 3.05) is 19.8 Å². The van der Waals surface area contributed by atoms with Crippen LogP contribution in [0.2, 0.25) is 0 Å². The molecular formula is C8H13BF3O2-. The van der Waals surface area contributed by atoms with Crippen LogP contribution in [0.1, 0.15) is 12.8 Å². The van der Waals surface area contributed by atoms with E-state index < -0.39 is 19.1 Å². The molecule has 1 atom stereocenters. The van der Waals surface area contributed by atoms with Gasteiger partial charge in [-0.05, 0) is 12.8 Å². The van der Waals surface area contributed by atoms with Crippen molar-refractivity contribution >= 4 is 6.98 Å². The normalized spacial score (nSPS) is 22.6. The minimum Gasteiger partial charge on any atom is -0.445 e. The van der Waals surface area contributed by atoms with E-state index in [9.17, 15) is 12.9 Å². The second kappa shape index (κ2) is 4.84. The predicted molar refractivity (Wildman–Crippen MR) is 48.0 cm³/mol. The molecule has 1 saturated heterocycles. The van der Waals surface area contributed by atoms with Gasteiger partial charge in [-0.15, -0.1) is 12.1 Å². The Morgan fingerprint density at radius 3 is 2.71 bits per heavy atom. The molecule has 0 N–H and O–H groups in total. The van der Waals surface area contributed by atoms with Crippen molar-refractivity contribution in [3.8, 4) is 0 Å². The maximum atomic E-state index is 12.0. The first-order valence-electron chi connectivity index (χ1n) is 4.57. The molecule has 1 rings (SSSR count). The lowest BCUT2D eigenvalue weighted by molar-refractivity contribution is 0.0252. The van der Waals surface area contributed by atoms with Gasteiger partial charge in [-0.2, -0.15) is 0 Å². The summed E-state index contributed by atoms with van der Waals surface area (Å²) >= 11 is 0. The molecular weight excluding hydrogens is 196 g/mol. The highest BCUT2D eigenvalue weighted by Gasteiger charge is 2.26. The molecule has 0 bridgehead atoms. The van der Waals surface area contributed by atoms with Gasteiger partial charge in [0.05, 0.1) is 12.7 Å². The number of ether oxygens (including phenoxy) is 2. The quantitative estimate of drug-likeness (QED) is 0.645. The molecule has 0 aromatic carbocycles.